The SMILES string of the molecule is C[C@@H]1O[C@H]1C(=O)NCCc1ccc(OCC(=O)NC2CC2)cc1. The van der Waals surface area contributed by atoms with Gasteiger partial charge in [-0.05, 0) is 43.9 Å². The zero-order valence-corrected chi connectivity index (χ0v) is 13.2. The highest BCUT2D eigenvalue weighted by Crippen LogP contribution is 2.20. The molecule has 2 N–H and O–H groups in total. The van der Waals surface area contributed by atoms with Crippen molar-refractivity contribution in [2.45, 2.75) is 44.4 Å². The molecule has 1 saturated carbocycles. The number of rotatable bonds is 8. The molecule has 2 amide bonds. The molecule has 1 heterocycles. The molecule has 6 nitrogen and oxygen atoms in total. The zero-order chi connectivity index (χ0) is 16.2. The summed E-state index contributed by atoms with van der Waals surface area (Å²) in [6.45, 7) is 2.51. The maximum atomic E-state index is 11.6. The van der Waals surface area contributed by atoms with E-state index < -0.39 is 0 Å². The third-order valence-electron chi connectivity index (χ3n) is 3.92. The number of hydrogen-bond acceptors (Lipinski definition) is 4. The molecule has 124 valence electrons. The summed E-state index contributed by atoms with van der Waals surface area (Å²) < 4.78 is 10.6. The van der Waals surface area contributed by atoms with Crippen molar-refractivity contribution in [1.82, 2.24) is 10.6 Å². The van der Waals surface area contributed by atoms with Crippen molar-refractivity contribution >= 4 is 11.8 Å². The molecule has 2 fully saturated rings. The van der Waals surface area contributed by atoms with E-state index in [-0.39, 0.29) is 30.6 Å². The molecule has 6 heteroatoms. The Labute approximate surface area is 135 Å². The summed E-state index contributed by atoms with van der Waals surface area (Å²) >= 11 is 0. The van der Waals surface area contributed by atoms with Crippen LogP contribution in [0.25, 0.3) is 0 Å². The molecule has 1 aliphatic carbocycles. The Balaban J connectivity index is 1.34. The Bertz CT molecular complexity index is 568. The largest absolute Gasteiger partial charge is 0.484 e. The van der Waals surface area contributed by atoms with E-state index in [2.05, 4.69) is 10.6 Å². The summed E-state index contributed by atoms with van der Waals surface area (Å²) in [5, 5.41) is 5.73. The van der Waals surface area contributed by atoms with E-state index in [9.17, 15) is 9.59 Å². The number of epoxide rings is 1. The van der Waals surface area contributed by atoms with Gasteiger partial charge in [0.25, 0.3) is 11.8 Å². The third-order valence-corrected chi connectivity index (χ3v) is 3.92. The Hall–Kier alpha value is -2.08. The Morgan fingerprint density at radius 3 is 2.57 bits per heavy atom. The second-order valence-electron chi connectivity index (χ2n) is 6.08. The minimum absolute atomic E-state index is 0.0425. The number of carbonyl (C=O) groups is 2. The molecule has 1 aliphatic heterocycles. The molecule has 0 spiro atoms. The highest BCUT2D eigenvalue weighted by Gasteiger charge is 2.40. The number of benzene rings is 1. The van der Waals surface area contributed by atoms with Crippen molar-refractivity contribution < 1.29 is 19.1 Å². The van der Waals surface area contributed by atoms with Gasteiger partial charge in [0.15, 0.2) is 12.7 Å². The molecule has 0 unspecified atom stereocenters. The van der Waals surface area contributed by atoms with Gasteiger partial charge >= 0.3 is 0 Å². The van der Waals surface area contributed by atoms with Crippen molar-refractivity contribution in [3.63, 3.8) is 0 Å². The highest BCUT2D eigenvalue weighted by atomic mass is 16.6. The smallest absolute Gasteiger partial charge is 0.258 e. The average molecular weight is 318 g/mol. The molecule has 3 rings (SSSR count). The predicted octanol–water partition coefficient (Wildman–Crippen LogP) is 0.790. The van der Waals surface area contributed by atoms with Gasteiger partial charge in [0, 0.05) is 12.6 Å². The van der Waals surface area contributed by atoms with E-state index in [1.807, 2.05) is 31.2 Å². The second kappa shape index (κ2) is 7.00. The molecule has 2 aliphatic rings. The first-order chi connectivity index (χ1) is 11.1. The van der Waals surface area contributed by atoms with E-state index >= 15 is 0 Å². The van der Waals surface area contributed by atoms with E-state index in [1.54, 1.807) is 0 Å². The summed E-state index contributed by atoms with van der Waals surface area (Å²) in [5.74, 6) is 0.555. The zero-order valence-electron chi connectivity index (χ0n) is 13.2. The minimum Gasteiger partial charge on any atom is -0.484 e. The molecular weight excluding hydrogens is 296 g/mol. The van der Waals surface area contributed by atoms with Crippen LogP contribution in [-0.2, 0) is 20.7 Å². The summed E-state index contributed by atoms with van der Waals surface area (Å²) in [6, 6.07) is 7.92. The van der Waals surface area contributed by atoms with Crippen LogP contribution in [0.5, 0.6) is 5.75 Å². The van der Waals surface area contributed by atoms with Gasteiger partial charge in [-0.2, -0.15) is 0 Å². The highest BCUT2D eigenvalue weighted by molar-refractivity contribution is 5.83. The van der Waals surface area contributed by atoms with Crippen molar-refractivity contribution in [3.05, 3.63) is 29.8 Å². The lowest BCUT2D eigenvalue weighted by molar-refractivity contribution is -0.123. The number of nitrogens with one attached hydrogen (secondary N) is 2. The van der Waals surface area contributed by atoms with Gasteiger partial charge in [-0.15, -0.1) is 0 Å². The van der Waals surface area contributed by atoms with E-state index in [0.29, 0.717) is 18.3 Å². The first-order valence-electron chi connectivity index (χ1n) is 8.06. The second-order valence-corrected chi connectivity index (χ2v) is 6.08. The van der Waals surface area contributed by atoms with Gasteiger partial charge in [0.1, 0.15) is 5.75 Å². The quantitative estimate of drug-likeness (QED) is 0.695. The molecule has 23 heavy (non-hydrogen) atoms. The van der Waals surface area contributed by atoms with Gasteiger partial charge < -0.3 is 20.1 Å². The maximum absolute atomic E-state index is 11.6. The molecule has 2 atom stereocenters. The summed E-state index contributed by atoms with van der Waals surface area (Å²) in [4.78, 5) is 23.1. The van der Waals surface area contributed by atoms with Crippen LogP contribution in [0.15, 0.2) is 24.3 Å². The number of carbonyl (C=O) groups excluding carboxylic acids is 2. The van der Waals surface area contributed by atoms with Crippen LogP contribution < -0.4 is 15.4 Å². The van der Waals surface area contributed by atoms with Gasteiger partial charge in [0.2, 0.25) is 0 Å². The fourth-order valence-electron chi connectivity index (χ4n) is 2.29. The summed E-state index contributed by atoms with van der Waals surface area (Å²) in [7, 11) is 0. The minimum atomic E-state index is -0.271. The topological polar surface area (TPSA) is 80.0 Å². The predicted molar refractivity (Wildman–Crippen MR) is 84.2 cm³/mol. The van der Waals surface area contributed by atoms with Crippen LogP contribution in [0.3, 0.4) is 0 Å². The van der Waals surface area contributed by atoms with Crippen molar-refractivity contribution in [2.24, 2.45) is 0 Å². The van der Waals surface area contributed by atoms with Crippen LogP contribution in [0.1, 0.15) is 25.3 Å². The lowest BCUT2D eigenvalue weighted by Gasteiger charge is -2.08. The van der Waals surface area contributed by atoms with Crippen molar-refractivity contribution in [1.29, 1.82) is 0 Å². The van der Waals surface area contributed by atoms with E-state index in [4.69, 9.17) is 9.47 Å². The third kappa shape index (κ3) is 4.96. The molecule has 1 saturated heterocycles. The monoisotopic (exact) mass is 318 g/mol. The first kappa shape index (κ1) is 15.8. The van der Waals surface area contributed by atoms with Crippen LogP contribution in [0.2, 0.25) is 0 Å². The van der Waals surface area contributed by atoms with Crippen LogP contribution in [-0.4, -0.2) is 43.2 Å². The van der Waals surface area contributed by atoms with E-state index in [1.165, 1.54) is 0 Å². The standard InChI is InChI=1S/C17H22N2O4/c1-11-16(23-11)17(21)18-9-8-12-2-6-14(7-3-12)22-10-15(20)19-13-4-5-13/h2-3,6-7,11,13,16H,4-5,8-10H2,1H3,(H,18,21)(H,19,20)/t11-,16+/m0/s1. The normalized spacial score (nSPS) is 22.3. The van der Waals surface area contributed by atoms with Crippen LogP contribution >= 0.6 is 0 Å². The molecule has 0 aromatic heterocycles. The van der Waals surface area contributed by atoms with Crippen LogP contribution in [0, 0.1) is 0 Å². The lowest BCUT2D eigenvalue weighted by Crippen LogP contribution is -2.30. The molecular formula is C17H22N2O4. The number of hydrogen-bond donors (Lipinski definition) is 2. The number of ether oxygens (including phenoxy) is 2. The molecule has 1 aromatic carbocycles. The molecule has 0 radical (unpaired) electrons. The van der Waals surface area contributed by atoms with Gasteiger partial charge in [-0.1, -0.05) is 12.1 Å². The average Bonchev–Trinajstić information content (AvgIpc) is 3.45. The summed E-state index contributed by atoms with van der Waals surface area (Å²) in [5.41, 5.74) is 1.10. The van der Waals surface area contributed by atoms with Crippen molar-refractivity contribution in [2.75, 3.05) is 13.2 Å². The van der Waals surface area contributed by atoms with Gasteiger partial charge in [-0.25, -0.2) is 0 Å². The molecule has 1 aromatic rings. The molecule has 0 bridgehead atoms. The first-order valence-corrected chi connectivity index (χ1v) is 8.06. The van der Waals surface area contributed by atoms with Gasteiger partial charge in [-0.3, -0.25) is 9.59 Å². The lowest BCUT2D eigenvalue weighted by atomic mass is 10.1. The van der Waals surface area contributed by atoms with Gasteiger partial charge in [0.05, 0.1) is 6.10 Å². The van der Waals surface area contributed by atoms with E-state index in [0.717, 1.165) is 24.8 Å². The fourth-order valence-corrected chi connectivity index (χ4v) is 2.29. The summed E-state index contributed by atoms with van der Waals surface area (Å²) in [6.07, 6.45) is 2.66. The van der Waals surface area contributed by atoms with Crippen LogP contribution in [0.4, 0.5) is 0 Å². The Kier molecular flexibility index (Phi) is 4.81. The Morgan fingerprint density at radius 1 is 1.26 bits per heavy atom. The van der Waals surface area contributed by atoms with Crippen molar-refractivity contribution in [3.8, 4) is 5.75 Å². The number of amides is 2. The fraction of sp³-hybridized carbons (Fsp3) is 0.529. The Morgan fingerprint density at radius 2 is 1.96 bits per heavy atom. The maximum Gasteiger partial charge on any atom is 0.258 e.